The molecule has 0 bridgehead atoms. The normalized spacial score (nSPS) is 13.6. The van der Waals surface area contributed by atoms with Gasteiger partial charge in [-0.15, -0.1) is 0 Å². The SMILES string of the molecule is CC(C)CC(Nc1ncc(C(N)=O)c(Nc2ccc3c(c2)OCCO3)n1)C(N)=O. The van der Waals surface area contributed by atoms with Crippen LogP contribution in [0.25, 0.3) is 0 Å². The number of hydrogen-bond donors (Lipinski definition) is 4. The van der Waals surface area contributed by atoms with Gasteiger partial charge in [-0.25, -0.2) is 4.98 Å². The summed E-state index contributed by atoms with van der Waals surface area (Å²) >= 11 is 0. The summed E-state index contributed by atoms with van der Waals surface area (Å²) in [6.07, 6.45) is 1.81. The summed E-state index contributed by atoms with van der Waals surface area (Å²) in [7, 11) is 0. The van der Waals surface area contributed by atoms with Crippen LogP contribution in [0.15, 0.2) is 24.4 Å². The molecule has 0 saturated carbocycles. The Morgan fingerprint density at radius 1 is 1.17 bits per heavy atom. The Balaban J connectivity index is 1.87. The van der Waals surface area contributed by atoms with E-state index in [9.17, 15) is 9.59 Å². The van der Waals surface area contributed by atoms with Gasteiger partial charge in [0.2, 0.25) is 11.9 Å². The first-order valence-electron chi connectivity index (χ1n) is 9.23. The van der Waals surface area contributed by atoms with Crippen LogP contribution in [-0.2, 0) is 4.79 Å². The van der Waals surface area contributed by atoms with Crippen molar-refractivity contribution in [3.63, 3.8) is 0 Å². The summed E-state index contributed by atoms with van der Waals surface area (Å²) < 4.78 is 11.1. The van der Waals surface area contributed by atoms with E-state index in [1.807, 2.05) is 13.8 Å². The molecule has 0 radical (unpaired) electrons. The lowest BCUT2D eigenvalue weighted by atomic mass is 10.0. The Labute approximate surface area is 168 Å². The number of nitrogens with zero attached hydrogens (tertiary/aromatic N) is 2. The van der Waals surface area contributed by atoms with E-state index in [1.165, 1.54) is 6.20 Å². The highest BCUT2D eigenvalue weighted by Crippen LogP contribution is 2.33. The number of nitrogens with one attached hydrogen (secondary N) is 2. The van der Waals surface area contributed by atoms with Crippen LogP contribution in [0.3, 0.4) is 0 Å². The van der Waals surface area contributed by atoms with Crippen LogP contribution < -0.4 is 31.6 Å². The van der Waals surface area contributed by atoms with Crippen molar-refractivity contribution in [2.45, 2.75) is 26.3 Å². The van der Waals surface area contributed by atoms with Crippen LogP contribution in [0.4, 0.5) is 17.5 Å². The molecule has 154 valence electrons. The minimum Gasteiger partial charge on any atom is -0.486 e. The van der Waals surface area contributed by atoms with E-state index in [4.69, 9.17) is 20.9 Å². The lowest BCUT2D eigenvalue weighted by Gasteiger charge is -2.20. The first-order valence-corrected chi connectivity index (χ1v) is 9.23. The van der Waals surface area contributed by atoms with Crippen LogP contribution >= 0.6 is 0 Å². The van der Waals surface area contributed by atoms with E-state index in [1.54, 1.807) is 18.2 Å². The summed E-state index contributed by atoms with van der Waals surface area (Å²) in [6.45, 7) is 4.89. The summed E-state index contributed by atoms with van der Waals surface area (Å²) in [6, 6.07) is 4.61. The maximum atomic E-state index is 11.8. The molecule has 1 aromatic carbocycles. The lowest BCUT2D eigenvalue weighted by molar-refractivity contribution is -0.119. The number of benzene rings is 1. The molecule has 0 spiro atoms. The number of anilines is 3. The Bertz CT molecular complexity index is 918. The molecular formula is C19H24N6O4. The number of primary amides is 2. The van der Waals surface area contributed by atoms with Crippen LogP contribution in [0.5, 0.6) is 11.5 Å². The van der Waals surface area contributed by atoms with Crippen LogP contribution in [0.1, 0.15) is 30.6 Å². The standard InChI is InChI=1S/C19H24N6O4/c1-10(2)7-13(17(21)27)24-19-22-9-12(16(20)26)18(25-19)23-11-3-4-14-15(8-11)29-6-5-28-14/h3-4,8-10,13H,5-7H2,1-2H3,(H2,20,26)(H2,21,27)(H2,22,23,24,25). The summed E-state index contributed by atoms with van der Waals surface area (Å²) in [4.78, 5) is 31.9. The van der Waals surface area contributed by atoms with E-state index < -0.39 is 17.9 Å². The number of amides is 2. The molecule has 1 atom stereocenters. The smallest absolute Gasteiger partial charge is 0.254 e. The van der Waals surface area contributed by atoms with Crippen LogP contribution in [-0.4, -0.2) is 41.0 Å². The number of fused-ring (bicyclic) bond motifs is 1. The first kappa shape index (κ1) is 20.2. The maximum absolute atomic E-state index is 11.8. The zero-order valence-electron chi connectivity index (χ0n) is 16.3. The molecule has 1 aliphatic rings. The number of carbonyl (C=O) groups excluding carboxylic acids is 2. The second kappa shape index (κ2) is 8.63. The Hall–Kier alpha value is -3.56. The van der Waals surface area contributed by atoms with Crippen molar-refractivity contribution in [2.75, 3.05) is 23.8 Å². The fourth-order valence-corrected chi connectivity index (χ4v) is 2.86. The zero-order chi connectivity index (χ0) is 21.0. The van der Waals surface area contributed by atoms with Gasteiger partial charge in [0.05, 0.1) is 0 Å². The quantitative estimate of drug-likeness (QED) is 0.518. The summed E-state index contributed by atoms with van der Waals surface area (Å²) in [5, 5.41) is 5.96. The third-order valence-corrected chi connectivity index (χ3v) is 4.21. The van der Waals surface area contributed by atoms with Crippen molar-refractivity contribution in [2.24, 2.45) is 17.4 Å². The predicted octanol–water partition coefficient (Wildman–Crippen LogP) is 1.40. The maximum Gasteiger partial charge on any atom is 0.254 e. The van der Waals surface area contributed by atoms with Gasteiger partial charge in [0.15, 0.2) is 11.5 Å². The van der Waals surface area contributed by atoms with E-state index in [0.717, 1.165) is 0 Å². The second-order valence-electron chi connectivity index (χ2n) is 7.03. The van der Waals surface area contributed by atoms with Gasteiger partial charge in [-0.1, -0.05) is 13.8 Å². The molecule has 2 aromatic rings. The summed E-state index contributed by atoms with van der Waals surface area (Å²) in [5.41, 5.74) is 11.6. The fourth-order valence-electron chi connectivity index (χ4n) is 2.86. The van der Waals surface area contributed by atoms with Gasteiger partial charge in [-0.2, -0.15) is 4.98 Å². The van der Waals surface area contributed by atoms with E-state index in [0.29, 0.717) is 36.8 Å². The van der Waals surface area contributed by atoms with Crippen molar-refractivity contribution in [1.82, 2.24) is 9.97 Å². The van der Waals surface area contributed by atoms with Gasteiger partial charge >= 0.3 is 0 Å². The van der Waals surface area contributed by atoms with Crippen LogP contribution in [0.2, 0.25) is 0 Å². The monoisotopic (exact) mass is 400 g/mol. The molecule has 1 aromatic heterocycles. The zero-order valence-corrected chi connectivity index (χ0v) is 16.3. The van der Waals surface area contributed by atoms with E-state index in [-0.39, 0.29) is 23.2 Å². The van der Waals surface area contributed by atoms with Crippen molar-refractivity contribution < 1.29 is 19.1 Å². The average Bonchev–Trinajstić information content (AvgIpc) is 2.67. The van der Waals surface area contributed by atoms with Gasteiger partial charge in [0.25, 0.3) is 5.91 Å². The molecule has 0 fully saturated rings. The minimum atomic E-state index is -0.690. The van der Waals surface area contributed by atoms with Gasteiger partial charge in [0.1, 0.15) is 30.6 Å². The highest BCUT2D eigenvalue weighted by atomic mass is 16.6. The van der Waals surface area contributed by atoms with Crippen molar-refractivity contribution in [3.05, 3.63) is 30.0 Å². The van der Waals surface area contributed by atoms with Gasteiger partial charge < -0.3 is 31.6 Å². The Morgan fingerprint density at radius 2 is 1.90 bits per heavy atom. The third kappa shape index (κ3) is 5.03. The molecule has 10 nitrogen and oxygen atoms in total. The number of carbonyl (C=O) groups is 2. The molecule has 1 aliphatic heterocycles. The summed E-state index contributed by atoms with van der Waals surface area (Å²) in [5.74, 6) is 0.604. The molecule has 10 heteroatoms. The predicted molar refractivity (Wildman–Crippen MR) is 107 cm³/mol. The number of rotatable bonds is 8. The second-order valence-corrected chi connectivity index (χ2v) is 7.03. The molecular weight excluding hydrogens is 376 g/mol. The number of nitrogens with two attached hydrogens (primary N) is 2. The molecule has 0 saturated heterocycles. The molecule has 6 N–H and O–H groups in total. The topological polar surface area (TPSA) is 154 Å². The number of ether oxygens (including phenoxy) is 2. The van der Waals surface area contributed by atoms with Crippen molar-refractivity contribution in [3.8, 4) is 11.5 Å². The number of aromatic nitrogens is 2. The molecule has 3 rings (SSSR count). The fraction of sp³-hybridized carbons (Fsp3) is 0.368. The highest BCUT2D eigenvalue weighted by Gasteiger charge is 2.20. The van der Waals surface area contributed by atoms with Crippen LogP contribution in [0, 0.1) is 5.92 Å². The molecule has 2 amide bonds. The van der Waals surface area contributed by atoms with E-state index >= 15 is 0 Å². The molecule has 2 heterocycles. The van der Waals surface area contributed by atoms with Crippen molar-refractivity contribution in [1.29, 1.82) is 0 Å². The lowest BCUT2D eigenvalue weighted by Crippen LogP contribution is -2.37. The van der Waals surface area contributed by atoms with Crippen molar-refractivity contribution >= 4 is 29.3 Å². The van der Waals surface area contributed by atoms with Gasteiger partial charge in [-0.3, -0.25) is 9.59 Å². The molecule has 29 heavy (non-hydrogen) atoms. The van der Waals surface area contributed by atoms with Gasteiger partial charge in [0, 0.05) is 18.0 Å². The highest BCUT2D eigenvalue weighted by molar-refractivity contribution is 5.98. The first-order chi connectivity index (χ1) is 13.8. The Morgan fingerprint density at radius 3 is 2.55 bits per heavy atom. The molecule has 1 unspecified atom stereocenters. The van der Waals surface area contributed by atoms with E-state index in [2.05, 4.69) is 20.6 Å². The third-order valence-electron chi connectivity index (χ3n) is 4.21. The van der Waals surface area contributed by atoms with Gasteiger partial charge in [-0.05, 0) is 24.5 Å². The average molecular weight is 400 g/mol. The Kier molecular flexibility index (Phi) is 6.01. The number of hydrogen-bond acceptors (Lipinski definition) is 8. The largest absolute Gasteiger partial charge is 0.486 e. The minimum absolute atomic E-state index is 0.102. The molecule has 0 aliphatic carbocycles.